The Balaban J connectivity index is -0.000000234. The van der Waals surface area contributed by atoms with E-state index in [-0.39, 0.29) is 19.8 Å². The molecule has 0 aliphatic carbocycles. The standard InChI is InChI=1S/C4H10N2.C4H9NO.3C2H7NO/c1-2-6-4-3-5-1;1-3-6-4-2-5-1;3*3-1-2-4/h5-6H,1-4H2;5H,1-4H2;3*4H,1-3H2. The first-order valence-electron chi connectivity index (χ1n) is 8.37. The van der Waals surface area contributed by atoms with E-state index in [9.17, 15) is 0 Å². The van der Waals surface area contributed by atoms with Gasteiger partial charge in [-0.3, -0.25) is 0 Å². The molecule has 0 bridgehead atoms. The van der Waals surface area contributed by atoms with E-state index in [1.807, 2.05) is 0 Å². The molecule has 0 aromatic rings. The molecule has 0 spiro atoms. The lowest BCUT2D eigenvalue weighted by atomic mass is 10.4. The van der Waals surface area contributed by atoms with Crippen molar-refractivity contribution in [3.63, 3.8) is 0 Å². The van der Waals surface area contributed by atoms with Crippen LogP contribution < -0.4 is 33.2 Å². The lowest BCUT2D eigenvalue weighted by Crippen LogP contribution is -2.39. The van der Waals surface area contributed by atoms with Crippen LogP contribution in [0.2, 0.25) is 0 Å². The van der Waals surface area contributed by atoms with E-state index in [2.05, 4.69) is 16.0 Å². The summed E-state index contributed by atoms with van der Waals surface area (Å²) in [7, 11) is 0. The van der Waals surface area contributed by atoms with Gasteiger partial charge in [-0.2, -0.15) is 0 Å². The molecule has 0 aromatic carbocycles. The van der Waals surface area contributed by atoms with Crippen molar-refractivity contribution in [2.75, 3.05) is 91.9 Å². The summed E-state index contributed by atoms with van der Waals surface area (Å²) in [6, 6.07) is 0. The van der Waals surface area contributed by atoms with E-state index in [0.29, 0.717) is 19.6 Å². The van der Waals surface area contributed by atoms with E-state index in [1.54, 1.807) is 0 Å². The van der Waals surface area contributed by atoms with Gasteiger partial charge in [-0.1, -0.05) is 0 Å². The molecule has 0 amide bonds. The van der Waals surface area contributed by atoms with Gasteiger partial charge in [0.05, 0.1) is 33.0 Å². The van der Waals surface area contributed by atoms with Crippen LogP contribution in [0.5, 0.6) is 0 Å². The van der Waals surface area contributed by atoms with E-state index in [4.69, 9.17) is 37.3 Å². The number of nitrogens with two attached hydrogens (primary N) is 3. The number of ether oxygens (including phenoxy) is 1. The molecule has 12 N–H and O–H groups in total. The maximum absolute atomic E-state index is 7.75. The van der Waals surface area contributed by atoms with Gasteiger partial charge < -0.3 is 53.2 Å². The number of piperazine rings is 1. The van der Waals surface area contributed by atoms with Gasteiger partial charge in [0, 0.05) is 58.9 Å². The van der Waals surface area contributed by atoms with Crippen molar-refractivity contribution in [3.8, 4) is 0 Å². The fourth-order valence-electron chi connectivity index (χ4n) is 1.12. The zero-order valence-corrected chi connectivity index (χ0v) is 14.9. The Hall–Kier alpha value is -0.400. The Morgan fingerprint density at radius 3 is 0.917 bits per heavy atom. The van der Waals surface area contributed by atoms with Crippen molar-refractivity contribution in [1.82, 2.24) is 16.0 Å². The number of nitrogens with one attached hydrogen (secondary N) is 3. The van der Waals surface area contributed by atoms with Crippen molar-refractivity contribution in [2.45, 2.75) is 0 Å². The first-order valence-corrected chi connectivity index (χ1v) is 8.37. The maximum atomic E-state index is 7.75. The van der Waals surface area contributed by atoms with Crippen LogP contribution in [0.3, 0.4) is 0 Å². The lowest BCUT2D eigenvalue weighted by molar-refractivity contribution is 0.109. The van der Waals surface area contributed by atoms with Gasteiger partial charge in [-0.05, 0) is 0 Å². The van der Waals surface area contributed by atoms with E-state index >= 15 is 0 Å². The summed E-state index contributed by atoms with van der Waals surface area (Å²) >= 11 is 0. The number of aliphatic hydroxyl groups excluding tert-OH is 3. The molecule has 24 heavy (non-hydrogen) atoms. The molecular formula is C14H40N6O4. The van der Waals surface area contributed by atoms with E-state index in [0.717, 1.165) is 52.5 Å². The summed E-state index contributed by atoms with van der Waals surface area (Å²) < 4.78 is 5.01. The molecule has 2 saturated heterocycles. The summed E-state index contributed by atoms with van der Waals surface area (Å²) in [5.74, 6) is 0. The highest BCUT2D eigenvalue weighted by molar-refractivity contribution is 4.59. The van der Waals surface area contributed by atoms with E-state index < -0.39 is 0 Å². The SMILES string of the molecule is C1CNCCN1.C1COCCN1.NCCO.NCCO.NCCO. The highest BCUT2D eigenvalue weighted by atomic mass is 16.5. The summed E-state index contributed by atoms with van der Waals surface area (Å²) in [6.07, 6.45) is 0. The van der Waals surface area contributed by atoms with Crippen molar-refractivity contribution in [3.05, 3.63) is 0 Å². The molecule has 10 heteroatoms. The first-order chi connectivity index (χ1) is 11.7. The third kappa shape index (κ3) is 43.0. The summed E-state index contributed by atoms with van der Waals surface area (Å²) in [6.45, 7) is 9.81. The Kier molecular flexibility index (Phi) is 40.3. The maximum Gasteiger partial charge on any atom is 0.0591 e. The predicted octanol–water partition coefficient (Wildman–Crippen LogP) is -4.40. The zero-order valence-electron chi connectivity index (χ0n) is 14.9. The van der Waals surface area contributed by atoms with Gasteiger partial charge in [0.25, 0.3) is 0 Å². The summed E-state index contributed by atoms with van der Waals surface area (Å²) in [4.78, 5) is 0. The number of hydrogen-bond donors (Lipinski definition) is 9. The second kappa shape index (κ2) is 34.0. The van der Waals surface area contributed by atoms with Gasteiger partial charge in [0.15, 0.2) is 0 Å². The topological polar surface area (TPSA) is 184 Å². The van der Waals surface area contributed by atoms with Crippen LogP contribution in [-0.2, 0) is 4.74 Å². The minimum atomic E-state index is 0.0972. The summed E-state index contributed by atoms with van der Waals surface area (Å²) in [5.41, 5.74) is 14.3. The second-order valence-corrected chi connectivity index (χ2v) is 4.40. The third-order valence-corrected chi connectivity index (χ3v) is 2.19. The highest BCUT2D eigenvalue weighted by Gasteiger charge is 1.93. The number of morpholine rings is 1. The molecule has 0 saturated carbocycles. The Bertz CT molecular complexity index is 125. The molecule has 2 fully saturated rings. The summed E-state index contributed by atoms with van der Waals surface area (Å²) in [5, 5.41) is 32.9. The molecular weight excluding hydrogens is 316 g/mol. The Morgan fingerprint density at radius 1 is 0.583 bits per heavy atom. The molecule has 2 rings (SSSR count). The fourth-order valence-corrected chi connectivity index (χ4v) is 1.12. The van der Waals surface area contributed by atoms with Gasteiger partial charge in [0.2, 0.25) is 0 Å². The molecule has 2 aliphatic rings. The third-order valence-electron chi connectivity index (χ3n) is 2.19. The van der Waals surface area contributed by atoms with Gasteiger partial charge in [-0.25, -0.2) is 0 Å². The molecule has 0 radical (unpaired) electrons. The van der Waals surface area contributed by atoms with Crippen molar-refractivity contribution < 1.29 is 20.1 Å². The normalized spacial score (nSPS) is 15.8. The number of aliphatic hydroxyl groups is 3. The average Bonchev–Trinajstić information content (AvgIpc) is 2.71. The van der Waals surface area contributed by atoms with Crippen LogP contribution in [0.4, 0.5) is 0 Å². The van der Waals surface area contributed by atoms with Crippen molar-refractivity contribution in [2.24, 2.45) is 17.2 Å². The lowest BCUT2D eigenvalue weighted by Gasteiger charge is -2.11. The van der Waals surface area contributed by atoms with Gasteiger partial charge in [0.1, 0.15) is 0 Å². The minimum absolute atomic E-state index is 0.0972. The number of rotatable bonds is 3. The second-order valence-electron chi connectivity index (χ2n) is 4.40. The predicted molar refractivity (Wildman–Crippen MR) is 97.8 cm³/mol. The smallest absolute Gasteiger partial charge is 0.0591 e. The number of hydrogen-bond acceptors (Lipinski definition) is 10. The van der Waals surface area contributed by atoms with Crippen LogP contribution in [0, 0.1) is 0 Å². The molecule has 2 heterocycles. The van der Waals surface area contributed by atoms with E-state index in [1.165, 1.54) is 0 Å². The quantitative estimate of drug-likeness (QED) is 0.239. The van der Waals surface area contributed by atoms with Crippen LogP contribution in [0.1, 0.15) is 0 Å². The van der Waals surface area contributed by atoms with Crippen LogP contribution >= 0.6 is 0 Å². The molecule has 0 aromatic heterocycles. The average molecular weight is 357 g/mol. The Morgan fingerprint density at radius 2 is 0.833 bits per heavy atom. The molecule has 0 atom stereocenters. The first kappa shape index (κ1) is 28.4. The van der Waals surface area contributed by atoms with Gasteiger partial charge >= 0.3 is 0 Å². The highest BCUT2D eigenvalue weighted by Crippen LogP contribution is 1.76. The zero-order chi connectivity index (χ0) is 18.7. The molecule has 0 unspecified atom stereocenters. The van der Waals surface area contributed by atoms with Crippen LogP contribution in [0.15, 0.2) is 0 Å². The molecule has 150 valence electrons. The molecule has 2 aliphatic heterocycles. The fraction of sp³-hybridized carbons (Fsp3) is 1.00. The van der Waals surface area contributed by atoms with Crippen molar-refractivity contribution >= 4 is 0 Å². The molecule has 10 nitrogen and oxygen atoms in total. The largest absolute Gasteiger partial charge is 0.395 e. The monoisotopic (exact) mass is 356 g/mol. The van der Waals surface area contributed by atoms with Gasteiger partial charge in [-0.15, -0.1) is 0 Å². The Labute approximate surface area is 146 Å². The minimum Gasteiger partial charge on any atom is -0.395 e. The van der Waals surface area contributed by atoms with Crippen LogP contribution in [0.25, 0.3) is 0 Å². The van der Waals surface area contributed by atoms with Crippen molar-refractivity contribution in [1.29, 1.82) is 0 Å². The van der Waals surface area contributed by atoms with Crippen LogP contribution in [-0.4, -0.2) is 107 Å².